The molecule has 1 N–H and O–H groups in total. The lowest BCUT2D eigenvalue weighted by atomic mass is 10.1. The van der Waals surface area contributed by atoms with Crippen molar-refractivity contribution in [1.82, 2.24) is 9.55 Å². The molecule has 0 saturated heterocycles. The number of fused-ring (bicyclic) bond motifs is 1. The molecule has 1 aromatic heterocycles. The summed E-state index contributed by atoms with van der Waals surface area (Å²) >= 11 is 0. The standard InChI is InChI=1S/C14H14N2O2.ClH/c17-14(18)13-6-11-2-1-10(5-12(11)7-13)8-16-4-3-15-9-16;/h1-5,9,13H,6-8H2,(H,17,18);1H. The highest BCUT2D eigenvalue weighted by molar-refractivity contribution is 5.85. The Morgan fingerprint density at radius 2 is 2.16 bits per heavy atom. The Kier molecular flexibility index (Phi) is 3.90. The van der Waals surface area contributed by atoms with E-state index < -0.39 is 5.97 Å². The van der Waals surface area contributed by atoms with E-state index in [1.54, 1.807) is 12.5 Å². The summed E-state index contributed by atoms with van der Waals surface area (Å²) in [5.74, 6) is -0.939. The van der Waals surface area contributed by atoms with Crippen molar-refractivity contribution < 1.29 is 9.90 Å². The van der Waals surface area contributed by atoms with E-state index in [1.165, 1.54) is 16.7 Å². The molecular formula is C14H15ClN2O2. The van der Waals surface area contributed by atoms with Crippen LogP contribution in [0.15, 0.2) is 36.9 Å². The number of rotatable bonds is 3. The summed E-state index contributed by atoms with van der Waals surface area (Å²) in [4.78, 5) is 15.0. The molecule has 19 heavy (non-hydrogen) atoms. The monoisotopic (exact) mass is 278 g/mol. The zero-order valence-corrected chi connectivity index (χ0v) is 11.1. The predicted molar refractivity (Wildman–Crippen MR) is 73.6 cm³/mol. The minimum Gasteiger partial charge on any atom is -0.481 e. The van der Waals surface area contributed by atoms with Crippen LogP contribution in [0.4, 0.5) is 0 Å². The smallest absolute Gasteiger partial charge is 0.307 e. The van der Waals surface area contributed by atoms with Gasteiger partial charge in [-0.25, -0.2) is 4.98 Å². The summed E-state index contributed by atoms with van der Waals surface area (Å²) in [6.45, 7) is 0.783. The van der Waals surface area contributed by atoms with Crippen LogP contribution in [0.1, 0.15) is 16.7 Å². The predicted octanol–water partition coefficient (Wildman–Crippen LogP) is 2.15. The highest BCUT2D eigenvalue weighted by Crippen LogP contribution is 2.28. The van der Waals surface area contributed by atoms with Gasteiger partial charge in [0, 0.05) is 18.9 Å². The second-order valence-electron chi connectivity index (χ2n) is 4.78. The molecule has 1 atom stereocenters. The molecule has 0 fully saturated rings. The molecule has 1 heterocycles. The van der Waals surface area contributed by atoms with Crippen molar-refractivity contribution in [2.75, 3.05) is 0 Å². The van der Waals surface area contributed by atoms with Gasteiger partial charge in [0.2, 0.25) is 0 Å². The van der Waals surface area contributed by atoms with E-state index in [0.717, 1.165) is 6.54 Å². The van der Waals surface area contributed by atoms with Gasteiger partial charge in [0.25, 0.3) is 0 Å². The van der Waals surface area contributed by atoms with Crippen molar-refractivity contribution in [1.29, 1.82) is 0 Å². The molecule has 0 amide bonds. The van der Waals surface area contributed by atoms with Crippen LogP contribution in [0, 0.1) is 5.92 Å². The number of imidazole rings is 1. The maximum Gasteiger partial charge on any atom is 0.307 e. The first-order valence-electron chi connectivity index (χ1n) is 6.01. The average Bonchev–Trinajstić information content (AvgIpc) is 2.96. The number of carboxylic acid groups (broad SMARTS) is 1. The van der Waals surface area contributed by atoms with E-state index in [0.29, 0.717) is 12.8 Å². The summed E-state index contributed by atoms with van der Waals surface area (Å²) < 4.78 is 2.01. The molecule has 2 aromatic rings. The average molecular weight is 279 g/mol. The molecule has 0 spiro atoms. The maximum atomic E-state index is 11.0. The summed E-state index contributed by atoms with van der Waals surface area (Å²) in [5.41, 5.74) is 3.55. The number of carboxylic acids is 1. The largest absolute Gasteiger partial charge is 0.481 e. The van der Waals surface area contributed by atoms with E-state index in [-0.39, 0.29) is 18.3 Å². The van der Waals surface area contributed by atoms with Crippen molar-refractivity contribution in [2.24, 2.45) is 5.92 Å². The normalized spacial score (nSPS) is 16.7. The van der Waals surface area contributed by atoms with Crippen LogP contribution < -0.4 is 0 Å². The summed E-state index contributed by atoms with van der Waals surface area (Å²) in [6, 6.07) is 6.26. The van der Waals surface area contributed by atoms with Crippen molar-refractivity contribution in [3.63, 3.8) is 0 Å². The third kappa shape index (κ3) is 2.79. The number of hydrogen-bond acceptors (Lipinski definition) is 2. The highest BCUT2D eigenvalue weighted by atomic mass is 35.5. The van der Waals surface area contributed by atoms with Gasteiger partial charge in [-0.2, -0.15) is 0 Å². The van der Waals surface area contributed by atoms with Crippen LogP contribution in [0.2, 0.25) is 0 Å². The second kappa shape index (κ2) is 5.45. The fourth-order valence-corrected chi connectivity index (χ4v) is 2.54. The van der Waals surface area contributed by atoms with Gasteiger partial charge in [-0.15, -0.1) is 12.4 Å². The van der Waals surface area contributed by atoms with Crippen LogP contribution in [-0.4, -0.2) is 20.6 Å². The quantitative estimate of drug-likeness (QED) is 0.936. The molecule has 4 nitrogen and oxygen atoms in total. The summed E-state index contributed by atoms with van der Waals surface area (Å²) in [5, 5.41) is 9.05. The molecule has 1 aliphatic rings. The number of hydrogen-bond donors (Lipinski definition) is 1. The fourth-order valence-electron chi connectivity index (χ4n) is 2.54. The Morgan fingerprint density at radius 1 is 1.37 bits per heavy atom. The molecular weight excluding hydrogens is 264 g/mol. The van der Waals surface area contributed by atoms with Crippen molar-refractivity contribution >= 4 is 18.4 Å². The van der Waals surface area contributed by atoms with Crippen molar-refractivity contribution in [3.05, 3.63) is 53.6 Å². The molecule has 0 aliphatic heterocycles. The first-order chi connectivity index (χ1) is 8.72. The zero-order chi connectivity index (χ0) is 12.5. The van der Waals surface area contributed by atoms with E-state index >= 15 is 0 Å². The first-order valence-corrected chi connectivity index (χ1v) is 6.01. The van der Waals surface area contributed by atoms with Gasteiger partial charge in [-0.1, -0.05) is 18.2 Å². The van der Waals surface area contributed by atoms with Crippen LogP contribution >= 0.6 is 12.4 Å². The van der Waals surface area contributed by atoms with E-state index in [1.807, 2.05) is 10.8 Å². The van der Waals surface area contributed by atoms with Crippen molar-refractivity contribution in [3.8, 4) is 0 Å². The molecule has 0 saturated carbocycles. The Morgan fingerprint density at radius 3 is 2.84 bits per heavy atom. The van der Waals surface area contributed by atoms with Crippen molar-refractivity contribution in [2.45, 2.75) is 19.4 Å². The molecule has 100 valence electrons. The van der Waals surface area contributed by atoms with Crippen LogP contribution in [-0.2, 0) is 24.2 Å². The summed E-state index contributed by atoms with van der Waals surface area (Å²) in [6.07, 6.45) is 6.78. The third-order valence-corrected chi connectivity index (χ3v) is 3.48. The Bertz CT molecular complexity index is 581. The van der Waals surface area contributed by atoms with E-state index in [4.69, 9.17) is 5.11 Å². The minimum atomic E-state index is -0.692. The van der Waals surface area contributed by atoms with Crippen LogP contribution in [0.3, 0.4) is 0 Å². The van der Waals surface area contributed by atoms with E-state index in [9.17, 15) is 4.79 Å². The number of nitrogens with zero attached hydrogens (tertiary/aromatic N) is 2. The van der Waals surface area contributed by atoms with Gasteiger partial charge >= 0.3 is 5.97 Å². The van der Waals surface area contributed by atoms with Crippen LogP contribution in [0.25, 0.3) is 0 Å². The lowest BCUT2D eigenvalue weighted by Crippen LogP contribution is -2.12. The maximum absolute atomic E-state index is 11.0. The van der Waals surface area contributed by atoms with Gasteiger partial charge in [-0.3, -0.25) is 4.79 Å². The highest BCUT2D eigenvalue weighted by Gasteiger charge is 2.26. The topological polar surface area (TPSA) is 55.1 Å². The molecule has 0 bridgehead atoms. The second-order valence-corrected chi connectivity index (χ2v) is 4.78. The number of carbonyl (C=O) groups is 1. The van der Waals surface area contributed by atoms with Gasteiger partial charge in [0.1, 0.15) is 0 Å². The van der Waals surface area contributed by atoms with Gasteiger partial charge in [0.15, 0.2) is 0 Å². The lowest BCUT2D eigenvalue weighted by molar-refractivity contribution is -0.141. The lowest BCUT2D eigenvalue weighted by Gasteiger charge is -2.05. The first kappa shape index (κ1) is 13.6. The van der Waals surface area contributed by atoms with Gasteiger partial charge < -0.3 is 9.67 Å². The molecule has 0 radical (unpaired) electrons. The van der Waals surface area contributed by atoms with Crippen LogP contribution in [0.5, 0.6) is 0 Å². The molecule has 5 heteroatoms. The van der Waals surface area contributed by atoms with Gasteiger partial charge in [-0.05, 0) is 29.5 Å². The molecule has 3 rings (SSSR count). The molecule has 1 aliphatic carbocycles. The third-order valence-electron chi connectivity index (χ3n) is 3.48. The number of aromatic nitrogens is 2. The number of benzene rings is 1. The Hall–Kier alpha value is -1.81. The van der Waals surface area contributed by atoms with E-state index in [2.05, 4.69) is 23.2 Å². The molecule has 1 aromatic carbocycles. The van der Waals surface area contributed by atoms with Gasteiger partial charge in [0.05, 0.1) is 12.2 Å². The Labute approximate surface area is 117 Å². The zero-order valence-electron chi connectivity index (χ0n) is 10.3. The fraction of sp³-hybridized carbons (Fsp3) is 0.286. The number of halogens is 1. The Balaban J connectivity index is 0.00000133. The summed E-state index contributed by atoms with van der Waals surface area (Å²) in [7, 11) is 0. The molecule has 1 unspecified atom stereocenters. The number of aliphatic carboxylic acids is 1. The minimum absolute atomic E-state index is 0. The SMILES string of the molecule is Cl.O=C(O)C1Cc2ccc(Cn3ccnc3)cc2C1.